The topological polar surface area (TPSA) is 63.4 Å². The first-order valence-electron chi connectivity index (χ1n) is 5.15. The largest absolute Gasteiger partial charge is 0.370 e. The molecule has 1 rings (SSSR count). The number of hydrogen-bond donors (Lipinski definition) is 1. The van der Waals surface area contributed by atoms with E-state index in [2.05, 4.69) is 6.92 Å². The summed E-state index contributed by atoms with van der Waals surface area (Å²) in [6.07, 6.45) is 2.45. The molecule has 0 aromatic carbocycles. The molecule has 1 saturated heterocycles. The van der Waals surface area contributed by atoms with Gasteiger partial charge < -0.3 is 10.6 Å². The monoisotopic (exact) mass is 198 g/mol. The van der Waals surface area contributed by atoms with Gasteiger partial charge >= 0.3 is 0 Å². The number of amides is 2. The molecule has 0 saturated carbocycles. The van der Waals surface area contributed by atoms with E-state index in [-0.39, 0.29) is 11.8 Å². The summed E-state index contributed by atoms with van der Waals surface area (Å²) >= 11 is 0. The van der Waals surface area contributed by atoms with Gasteiger partial charge in [-0.1, -0.05) is 6.92 Å². The van der Waals surface area contributed by atoms with Crippen molar-refractivity contribution in [2.75, 3.05) is 13.1 Å². The fraction of sp³-hybridized carbons (Fsp3) is 0.800. The van der Waals surface area contributed by atoms with Gasteiger partial charge in [-0.2, -0.15) is 0 Å². The van der Waals surface area contributed by atoms with E-state index in [0.29, 0.717) is 18.8 Å². The van der Waals surface area contributed by atoms with Gasteiger partial charge in [-0.3, -0.25) is 9.59 Å². The molecular formula is C10H18N2O2. The highest BCUT2D eigenvalue weighted by molar-refractivity contribution is 5.77. The average Bonchev–Trinajstić information content (AvgIpc) is 2.06. The Hall–Kier alpha value is -1.06. The molecule has 14 heavy (non-hydrogen) atoms. The molecule has 0 unspecified atom stereocenters. The molecule has 1 aliphatic heterocycles. The van der Waals surface area contributed by atoms with E-state index < -0.39 is 0 Å². The maximum atomic E-state index is 11.4. The molecule has 1 aliphatic rings. The molecule has 1 fully saturated rings. The third kappa shape index (κ3) is 3.36. The zero-order chi connectivity index (χ0) is 10.6. The predicted molar refractivity (Wildman–Crippen MR) is 53.4 cm³/mol. The van der Waals surface area contributed by atoms with Crippen LogP contribution in [0.15, 0.2) is 0 Å². The van der Waals surface area contributed by atoms with Gasteiger partial charge in [-0.25, -0.2) is 0 Å². The maximum Gasteiger partial charge on any atom is 0.222 e. The molecule has 0 bridgehead atoms. The lowest BCUT2D eigenvalue weighted by atomic mass is 10.0. The number of primary amides is 1. The molecule has 0 radical (unpaired) electrons. The Morgan fingerprint density at radius 3 is 2.36 bits per heavy atom. The van der Waals surface area contributed by atoms with E-state index in [0.717, 1.165) is 25.9 Å². The minimum atomic E-state index is -0.282. The highest BCUT2D eigenvalue weighted by Crippen LogP contribution is 2.16. The van der Waals surface area contributed by atoms with Crippen molar-refractivity contribution in [1.82, 2.24) is 4.90 Å². The third-order valence-electron chi connectivity index (χ3n) is 2.48. The van der Waals surface area contributed by atoms with Crippen LogP contribution < -0.4 is 5.73 Å². The van der Waals surface area contributed by atoms with Gasteiger partial charge in [0, 0.05) is 25.9 Å². The number of unbranched alkanes of at least 4 members (excludes halogenated alkanes) is 1. The molecule has 0 aliphatic carbocycles. The summed E-state index contributed by atoms with van der Waals surface area (Å²) in [6.45, 7) is 3.93. The Labute approximate surface area is 84.4 Å². The summed E-state index contributed by atoms with van der Waals surface area (Å²) in [6, 6.07) is 0. The zero-order valence-electron chi connectivity index (χ0n) is 8.66. The van der Waals surface area contributed by atoms with Crippen molar-refractivity contribution in [2.24, 2.45) is 11.7 Å². The van der Waals surface area contributed by atoms with Crippen LogP contribution in [0, 0.1) is 5.92 Å². The second-order valence-electron chi connectivity index (χ2n) is 4.08. The van der Waals surface area contributed by atoms with Crippen LogP contribution in [0.3, 0.4) is 0 Å². The molecule has 2 amide bonds. The Morgan fingerprint density at radius 1 is 1.29 bits per heavy atom. The van der Waals surface area contributed by atoms with Crippen molar-refractivity contribution in [3.8, 4) is 0 Å². The van der Waals surface area contributed by atoms with E-state index in [1.54, 1.807) is 0 Å². The maximum absolute atomic E-state index is 11.4. The quantitative estimate of drug-likeness (QED) is 0.654. The lowest BCUT2D eigenvalue weighted by Crippen LogP contribution is -2.48. The minimum absolute atomic E-state index is 0.215. The lowest BCUT2D eigenvalue weighted by molar-refractivity contribution is -0.137. The second-order valence-corrected chi connectivity index (χ2v) is 4.08. The van der Waals surface area contributed by atoms with Crippen LogP contribution in [0.4, 0.5) is 0 Å². The second kappa shape index (κ2) is 4.98. The number of carbonyl (C=O) groups excluding carboxylic acids is 2. The Bertz CT molecular complexity index is 222. The first kappa shape index (κ1) is 11.0. The number of carbonyl (C=O) groups is 2. The molecule has 1 heterocycles. The van der Waals surface area contributed by atoms with Crippen LogP contribution >= 0.6 is 0 Å². The zero-order valence-corrected chi connectivity index (χ0v) is 8.66. The molecule has 80 valence electrons. The Balaban J connectivity index is 2.01. The Morgan fingerprint density at radius 2 is 1.86 bits per heavy atom. The van der Waals surface area contributed by atoms with E-state index in [9.17, 15) is 9.59 Å². The summed E-state index contributed by atoms with van der Waals surface area (Å²) in [5.74, 6) is 0.590. The van der Waals surface area contributed by atoms with Crippen molar-refractivity contribution in [3.05, 3.63) is 0 Å². The Kier molecular flexibility index (Phi) is 3.92. The molecule has 0 aromatic rings. The van der Waals surface area contributed by atoms with Crippen LogP contribution in [-0.4, -0.2) is 29.8 Å². The van der Waals surface area contributed by atoms with Crippen LogP contribution in [-0.2, 0) is 9.59 Å². The van der Waals surface area contributed by atoms with E-state index in [1.165, 1.54) is 0 Å². The van der Waals surface area contributed by atoms with Crippen LogP contribution in [0.2, 0.25) is 0 Å². The molecular weight excluding hydrogens is 180 g/mol. The lowest BCUT2D eigenvalue weighted by Gasteiger charge is -2.37. The third-order valence-corrected chi connectivity index (χ3v) is 2.48. The van der Waals surface area contributed by atoms with Gasteiger partial charge in [0.15, 0.2) is 0 Å². The van der Waals surface area contributed by atoms with Crippen molar-refractivity contribution >= 4 is 11.8 Å². The highest BCUT2D eigenvalue weighted by atomic mass is 16.2. The van der Waals surface area contributed by atoms with Crippen molar-refractivity contribution < 1.29 is 9.59 Å². The molecule has 0 atom stereocenters. The first-order valence-corrected chi connectivity index (χ1v) is 5.15. The van der Waals surface area contributed by atoms with Crippen molar-refractivity contribution in [1.29, 1.82) is 0 Å². The van der Waals surface area contributed by atoms with E-state index >= 15 is 0 Å². The molecule has 0 spiro atoms. The molecule has 2 N–H and O–H groups in total. The number of rotatable bonds is 5. The normalized spacial score (nSPS) is 16.5. The molecule has 4 heteroatoms. The summed E-state index contributed by atoms with van der Waals surface area (Å²) in [5.41, 5.74) is 4.99. The number of hydrogen-bond acceptors (Lipinski definition) is 2. The van der Waals surface area contributed by atoms with Gasteiger partial charge in [0.05, 0.1) is 0 Å². The number of nitrogens with two attached hydrogens (primary N) is 1. The van der Waals surface area contributed by atoms with Gasteiger partial charge in [0.2, 0.25) is 11.8 Å². The minimum Gasteiger partial charge on any atom is -0.370 e. The van der Waals surface area contributed by atoms with Gasteiger partial charge in [0.25, 0.3) is 0 Å². The van der Waals surface area contributed by atoms with Gasteiger partial charge in [0.1, 0.15) is 0 Å². The van der Waals surface area contributed by atoms with Crippen LogP contribution in [0.25, 0.3) is 0 Å². The number of likely N-dealkylation sites (tertiary alicyclic amines) is 1. The highest BCUT2D eigenvalue weighted by Gasteiger charge is 2.26. The van der Waals surface area contributed by atoms with Crippen LogP contribution in [0.5, 0.6) is 0 Å². The summed E-state index contributed by atoms with van der Waals surface area (Å²) < 4.78 is 0. The smallest absolute Gasteiger partial charge is 0.222 e. The molecule has 0 aromatic heterocycles. The fourth-order valence-electron chi connectivity index (χ4n) is 1.64. The van der Waals surface area contributed by atoms with Gasteiger partial charge in [-0.15, -0.1) is 0 Å². The number of nitrogens with zero attached hydrogens (tertiary/aromatic N) is 1. The summed E-state index contributed by atoms with van der Waals surface area (Å²) in [5, 5.41) is 0. The van der Waals surface area contributed by atoms with Gasteiger partial charge in [-0.05, 0) is 18.8 Å². The average molecular weight is 198 g/mol. The first-order chi connectivity index (χ1) is 6.59. The fourth-order valence-corrected chi connectivity index (χ4v) is 1.64. The molecule has 4 nitrogen and oxygen atoms in total. The van der Waals surface area contributed by atoms with Crippen molar-refractivity contribution in [2.45, 2.75) is 32.6 Å². The summed E-state index contributed by atoms with van der Waals surface area (Å²) in [7, 11) is 0. The van der Waals surface area contributed by atoms with Crippen molar-refractivity contribution in [3.63, 3.8) is 0 Å². The predicted octanol–water partition coefficient (Wildman–Crippen LogP) is 0.510. The van der Waals surface area contributed by atoms with E-state index in [4.69, 9.17) is 5.73 Å². The SMILES string of the molecule is CC1CN(C(=O)CCCCC(N)=O)C1. The van der Waals surface area contributed by atoms with Crippen LogP contribution in [0.1, 0.15) is 32.6 Å². The van der Waals surface area contributed by atoms with E-state index in [1.807, 2.05) is 4.90 Å². The summed E-state index contributed by atoms with van der Waals surface area (Å²) in [4.78, 5) is 23.7. The standard InChI is InChI=1S/C10H18N2O2/c1-8-6-12(7-8)10(14)5-3-2-4-9(11)13/h8H,2-7H2,1H3,(H2,11,13).